The first-order valence-electron chi connectivity index (χ1n) is 5.56. The monoisotopic (exact) mass is 326 g/mol. The number of hydrogen-bond donors (Lipinski definition) is 0. The van der Waals surface area contributed by atoms with Crippen molar-refractivity contribution in [3.8, 4) is 0 Å². The highest BCUT2D eigenvalue weighted by molar-refractivity contribution is 14.1. The summed E-state index contributed by atoms with van der Waals surface area (Å²) >= 11 is 2.29. The summed E-state index contributed by atoms with van der Waals surface area (Å²) in [5.41, 5.74) is 1.43. The standard InChI is InChI=1S/C13H15IN2/c14-13-10-15-16(11-13)9-5-4-8-12-6-2-1-3-7-12/h1-3,6-7,10-11H,4-5,8-9H2. The Morgan fingerprint density at radius 1 is 1.12 bits per heavy atom. The van der Waals surface area contributed by atoms with Gasteiger partial charge in [0.1, 0.15) is 0 Å². The van der Waals surface area contributed by atoms with Crippen LogP contribution in [0.2, 0.25) is 0 Å². The molecule has 0 unspecified atom stereocenters. The second kappa shape index (κ2) is 6.03. The molecular weight excluding hydrogens is 311 g/mol. The highest BCUT2D eigenvalue weighted by Gasteiger charge is 1.96. The first kappa shape index (κ1) is 11.6. The molecule has 0 radical (unpaired) electrons. The molecule has 0 saturated carbocycles. The van der Waals surface area contributed by atoms with Gasteiger partial charge in [-0.2, -0.15) is 5.10 Å². The molecule has 0 spiro atoms. The van der Waals surface area contributed by atoms with E-state index in [1.165, 1.54) is 28.4 Å². The Hall–Kier alpha value is -0.840. The van der Waals surface area contributed by atoms with Crippen LogP contribution in [-0.2, 0) is 13.0 Å². The Morgan fingerprint density at radius 3 is 2.62 bits per heavy atom. The van der Waals surface area contributed by atoms with Gasteiger partial charge < -0.3 is 0 Å². The summed E-state index contributed by atoms with van der Waals surface area (Å²) in [5, 5.41) is 4.27. The van der Waals surface area contributed by atoms with E-state index in [9.17, 15) is 0 Å². The third-order valence-electron chi connectivity index (χ3n) is 2.55. The lowest BCUT2D eigenvalue weighted by molar-refractivity contribution is 0.557. The van der Waals surface area contributed by atoms with E-state index in [-0.39, 0.29) is 0 Å². The minimum absolute atomic E-state index is 1.02. The molecule has 16 heavy (non-hydrogen) atoms. The summed E-state index contributed by atoms with van der Waals surface area (Å²) in [6.07, 6.45) is 7.56. The third-order valence-corrected chi connectivity index (χ3v) is 3.10. The Bertz CT molecular complexity index is 423. The minimum Gasteiger partial charge on any atom is -0.272 e. The van der Waals surface area contributed by atoms with E-state index >= 15 is 0 Å². The van der Waals surface area contributed by atoms with Crippen molar-refractivity contribution in [1.29, 1.82) is 0 Å². The summed E-state index contributed by atoms with van der Waals surface area (Å²) in [4.78, 5) is 0. The summed E-state index contributed by atoms with van der Waals surface area (Å²) < 4.78 is 3.23. The maximum Gasteiger partial charge on any atom is 0.0623 e. The van der Waals surface area contributed by atoms with E-state index in [1.807, 2.05) is 10.9 Å². The molecule has 0 amide bonds. The van der Waals surface area contributed by atoms with Crippen molar-refractivity contribution in [2.45, 2.75) is 25.8 Å². The zero-order chi connectivity index (χ0) is 11.2. The molecule has 84 valence electrons. The lowest BCUT2D eigenvalue weighted by Crippen LogP contribution is -1.98. The maximum absolute atomic E-state index is 4.27. The Labute approximate surface area is 110 Å². The number of halogens is 1. The number of unbranched alkanes of at least 4 members (excludes halogenated alkanes) is 1. The van der Waals surface area contributed by atoms with Gasteiger partial charge in [0.25, 0.3) is 0 Å². The van der Waals surface area contributed by atoms with Crippen molar-refractivity contribution >= 4 is 22.6 Å². The van der Waals surface area contributed by atoms with E-state index in [1.54, 1.807) is 0 Å². The molecule has 1 aromatic heterocycles. The fraction of sp³-hybridized carbons (Fsp3) is 0.308. The summed E-state index contributed by atoms with van der Waals surface area (Å²) in [5.74, 6) is 0. The number of rotatable bonds is 5. The van der Waals surface area contributed by atoms with Crippen LogP contribution < -0.4 is 0 Å². The van der Waals surface area contributed by atoms with Crippen molar-refractivity contribution in [2.75, 3.05) is 0 Å². The number of aromatic nitrogens is 2. The van der Waals surface area contributed by atoms with Gasteiger partial charge in [0.2, 0.25) is 0 Å². The van der Waals surface area contributed by atoms with Crippen LogP contribution in [0, 0.1) is 3.57 Å². The highest BCUT2D eigenvalue weighted by Crippen LogP contribution is 2.06. The van der Waals surface area contributed by atoms with E-state index in [0.29, 0.717) is 0 Å². The van der Waals surface area contributed by atoms with Gasteiger partial charge in [-0.3, -0.25) is 4.68 Å². The van der Waals surface area contributed by atoms with E-state index in [4.69, 9.17) is 0 Å². The molecule has 0 fully saturated rings. The van der Waals surface area contributed by atoms with Gasteiger partial charge in [-0.1, -0.05) is 30.3 Å². The normalized spacial score (nSPS) is 10.6. The quantitative estimate of drug-likeness (QED) is 0.607. The molecule has 0 atom stereocenters. The van der Waals surface area contributed by atoms with E-state index in [0.717, 1.165) is 6.54 Å². The van der Waals surface area contributed by atoms with Crippen LogP contribution >= 0.6 is 22.6 Å². The Morgan fingerprint density at radius 2 is 1.94 bits per heavy atom. The van der Waals surface area contributed by atoms with Gasteiger partial charge in [-0.05, 0) is 47.4 Å². The van der Waals surface area contributed by atoms with E-state index < -0.39 is 0 Å². The molecule has 2 rings (SSSR count). The number of nitrogens with zero attached hydrogens (tertiary/aromatic N) is 2. The first-order chi connectivity index (χ1) is 7.84. The SMILES string of the molecule is Ic1cnn(CCCCc2ccccc2)c1. The van der Waals surface area contributed by atoms with Crippen molar-refractivity contribution in [2.24, 2.45) is 0 Å². The Balaban J connectivity index is 1.69. The van der Waals surface area contributed by atoms with Crippen molar-refractivity contribution < 1.29 is 0 Å². The predicted molar refractivity (Wildman–Crippen MR) is 74.3 cm³/mol. The third kappa shape index (κ3) is 3.63. The molecule has 1 heterocycles. The topological polar surface area (TPSA) is 17.8 Å². The van der Waals surface area contributed by atoms with E-state index in [2.05, 4.69) is 64.2 Å². The van der Waals surface area contributed by atoms with Gasteiger partial charge in [-0.15, -0.1) is 0 Å². The van der Waals surface area contributed by atoms with Gasteiger partial charge in [0.15, 0.2) is 0 Å². The zero-order valence-electron chi connectivity index (χ0n) is 9.14. The number of hydrogen-bond acceptors (Lipinski definition) is 1. The summed E-state index contributed by atoms with van der Waals surface area (Å²) in [7, 11) is 0. The molecule has 2 aromatic rings. The fourth-order valence-electron chi connectivity index (χ4n) is 1.71. The van der Waals surface area contributed by atoms with Crippen LogP contribution in [0.5, 0.6) is 0 Å². The molecule has 1 aromatic carbocycles. The fourth-order valence-corrected chi connectivity index (χ4v) is 2.15. The largest absolute Gasteiger partial charge is 0.272 e. The van der Waals surface area contributed by atoms with Crippen LogP contribution in [0.3, 0.4) is 0 Å². The molecule has 2 nitrogen and oxygen atoms in total. The number of benzene rings is 1. The lowest BCUT2D eigenvalue weighted by atomic mass is 10.1. The molecular formula is C13H15IN2. The summed E-state index contributed by atoms with van der Waals surface area (Å²) in [6.45, 7) is 1.02. The molecule has 3 heteroatoms. The van der Waals surface area contributed by atoms with Crippen LogP contribution in [0.15, 0.2) is 42.7 Å². The summed E-state index contributed by atoms with van der Waals surface area (Å²) in [6, 6.07) is 10.7. The zero-order valence-corrected chi connectivity index (χ0v) is 11.3. The minimum atomic E-state index is 1.02. The molecule has 0 bridgehead atoms. The highest BCUT2D eigenvalue weighted by atomic mass is 127. The maximum atomic E-state index is 4.27. The first-order valence-corrected chi connectivity index (χ1v) is 6.64. The molecule has 0 aliphatic rings. The Kier molecular flexibility index (Phi) is 4.39. The second-order valence-corrected chi connectivity index (χ2v) is 5.11. The van der Waals surface area contributed by atoms with Gasteiger partial charge in [0.05, 0.1) is 9.77 Å². The predicted octanol–water partition coefficient (Wildman–Crippen LogP) is 3.51. The second-order valence-electron chi connectivity index (χ2n) is 3.86. The smallest absolute Gasteiger partial charge is 0.0623 e. The van der Waals surface area contributed by atoms with Gasteiger partial charge in [-0.25, -0.2) is 0 Å². The van der Waals surface area contributed by atoms with Crippen molar-refractivity contribution in [3.63, 3.8) is 0 Å². The number of aryl methyl sites for hydroxylation is 2. The molecule has 0 saturated heterocycles. The average molecular weight is 326 g/mol. The van der Waals surface area contributed by atoms with Crippen LogP contribution in [0.1, 0.15) is 18.4 Å². The van der Waals surface area contributed by atoms with Crippen LogP contribution in [-0.4, -0.2) is 9.78 Å². The van der Waals surface area contributed by atoms with Gasteiger partial charge >= 0.3 is 0 Å². The van der Waals surface area contributed by atoms with Crippen LogP contribution in [0.4, 0.5) is 0 Å². The van der Waals surface area contributed by atoms with Crippen LogP contribution in [0.25, 0.3) is 0 Å². The van der Waals surface area contributed by atoms with Crippen molar-refractivity contribution in [1.82, 2.24) is 9.78 Å². The molecule has 0 aliphatic carbocycles. The molecule has 0 N–H and O–H groups in total. The molecule has 0 aliphatic heterocycles. The van der Waals surface area contributed by atoms with Gasteiger partial charge in [0, 0.05) is 12.7 Å². The average Bonchev–Trinajstić information content (AvgIpc) is 2.72. The van der Waals surface area contributed by atoms with Crippen molar-refractivity contribution in [3.05, 3.63) is 51.9 Å². The lowest BCUT2D eigenvalue weighted by Gasteiger charge is -2.02.